The van der Waals surface area contributed by atoms with Gasteiger partial charge in [0.2, 0.25) is 5.91 Å². The maximum atomic E-state index is 12.6. The third kappa shape index (κ3) is 4.55. The number of aryl methyl sites for hydroxylation is 1. The van der Waals surface area contributed by atoms with Gasteiger partial charge in [0.25, 0.3) is 0 Å². The van der Waals surface area contributed by atoms with Crippen LogP contribution in [0.25, 0.3) is 0 Å². The Morgan fingerprint density at radius 1 is 1.23 bits per heavy atom. The highest BCUT2D eigenvalue weighted by molar-refractivity contribution is 9.11. The molecule has 3 heterocycles. The molecule has 0 saturated carbocycles. The molecule has 154 valence electrons. The summed E-state index contributed by atoms with van der Waals surface area (Å²) >= 11 is 10.9. The number of anilines is 1. The largest absolute Gasteiger partial charge is 0.352 e. The number of pyridine rings is 1. The number of amides is 1. The van der Waals surface area contributed by atoms with Crippen molar-refractivity contribution in [3.63, 3.8) is 0 Å². The normalized spacial score (nSPS) is 18.3. The molecule has 4 rings (SSSR count). The lowest BCUT2D eigenvalue weighted by Crippen LogP contribution is -2.32. The Balaban J connectivity index is 1.52. The number of nitrogens with zero attached hydrogens (tertiary/aromatic N) is 2. The molecule has 0 bridgehead atoms. The van der Waals surface area contributed by atoms with Gasteiger partial charge in [-0.15, -0.1) is 11.3 Å². The summed E-state index contributed by atoms with van der Waals surface area (Å²) in [6.07, 6.45) is 2.13. The summed E-state index contributed by atoms with van der Waals surface area (Å²) in [6, 6.07) is 17.7. The third-order valence-corrected chi connectivity index (χ3v) is 7.13. The van der Waals surface area contributed by atoms with Crippen molar-refractivity contribution in [3.05, 3.63) is 80.7 Å². The van der Waals surface area contributed by atoms with Crippen molar-refractivity contribution >= 4 is 56.2 Å². The van der Waals surface area contributed by atoms with E-state index in [1.54, 1.807) is 17.5 Å². The van der Waals surface area contributed by atoms with Crippen LogP contribution in [0.4, 0.5) is 5.69 Å². The molecule has 2 aromatic heterocycles. The number of hydrogen-bond acceptors (Lipinski definition) is 4. The fourth-order valence-corrected chi connectivity index (χ4v) is 5.50. The van der Waals surface area contributed by atoms with Gasteiger partial charge in [0, 0.05) is 29.7 Å². The van der Waals surface area contributed by atoms with Gasteiger partial charge < -0.3 is 15.5 Å². The van der Waals surface area contributed by atoms with Crippen LogP contribution >= 0.6 is 39.5 Å². The Hall–Kier alpha value is -2.29. The number of rotatable bonds is 6. The van der Waals surface area contributed by atoms with Crippen LogP contribution in [0.15, 0.2) is 64.6 Å². The van der Waals surface area contributed by atoms with Gasteiger partial charge in [0.05, 0.1) is 21.6 Å². The Bertz CT molecular complexity index is 1060. The molecule has 1 saturated heterocycles. The zero-order valence-electron chi connectivity index (χ0n) is 16.3. The fraction of sp³-hybridized carbons (Fsp3) is 0.227. The van der Waals surface area contributed by atoms with E-state index in [1.165, 1.54) is 4.88 Å². The van der Waals surface area contributed by atoms with Gasteiger partial charge in [-0.25, -0.2) is 0 Å². The zero-order valence-corrected chi connectivity index (χ0v) is 19.6. The first-order valence-corrected chi connectivity index (χ1v) is 11.6. The molecule has 2 N–H and O–H groups in total. The topological polar surface area (TPSA) is 57.3 Å². The molecule has 0 spiro atoms. The number of thiophene rings is 1. The van der Waals surface area contributed by atoms with E-state index in [2.05, 4.69) is 42.5 Å². The summed E-state index contributed by atoms with van der Waals surface area (Å²) in [5.74, 6) is -0.0282. The van der Waals surface area contributed by atoms with E-state index in [0.717, 1.165) is 20.7 Å². The maximum absolute atomic E-state index is 12.6. The molecule has 1 aromatic carbocycles. The van der Waals surface area contributed by atoms with Crippen molar-refractivity contribution < 1.29 is 4.79 Å². The summed E-state index contributed by atoms with van der Waals surface area (Å²) in [7, 11) is 0. The van der Waals surface area contributed by atoms with Gasteiger partial charge in [-0.1, -0.05) is 24.3 Å². The molecule has 1 amide bonds. The molecule has 0 radical (unpaired) electrons. The fourth-order valence-electron chi connectivity index (χ4n) is 3.59. The second kappa shape index (κ2) is 9.24. The van der Waals surface area contributed by atoms with Crippen molar-refractivity contribution in [2.45, 2.75) is 25.4 Å². The smallest absolute Gasteiger partial charge is 0.226 e. The monoisotopic (exact) mass is 500 g/mol. The van der Waals surface area contributed by atoms with Crippen molar-refractivity contribution in [3.8, 4) is 0 Å². The molecule has 30 heavy (non-hydrogen) atoms. The van der Waals surface area contributed by atoms with Gasteiger partial charge in [-0.05, 0) is 71.0 Å². The molecule has 1 fully saturated rings. The molecule has 3 aromatic rings. The molecule has 5 nitrogen and oxygen atoms in total. The number of hydrogen-bond donors (Lipinski definition) is 2. The number of para-hydroxylation sites is 1. The second-order valence-corrected chi connectivity index (χ2v) is 9.96. The van der Waals surface area contributed by atoms with Crippen LogP contribution in [-0.4, -0.2) is 27.4 Å². The predicted octanol–water partition coefficient (Wildman–Crippen LogP) is 5.22. The quantitative estimate of drug-likeness (QED) is 0.454. The minimum Gasteiger partial charge on any atom is -0.352 e. The second-order valence-electron chi connectivity index (χ2n) is 7.07. The Morgan fingerprint density at radius 2 is 2.03 bits per heavy atom. The summed E-state index contributed by atoms with van der Waals surface area (Å²) in [4.78, 5) is 20.4. The zero-order chi connectivity index (χ0) is 21.1. The molecule has 8 heteroatoms. The van der Waals surface area contributed by atoms with Crippen LogP contribution in [0.1, 0.15) is 34.6 Å². The molecule has 1 aliphatic heterocycles. The summed E-state index contributed by atoms with van der Waals surface area (Å²) in [6.45, 7) is 2.50. The standard InChI is InChI=1S/C22H21BrN4OS2/c1-14-6-2-3-7-15(14)25-19(28)11-13-27-21(17-9-10-18(23)30-17)20(26-22(27)29)16-8-4-5-12-24-16/h2-10,12,20-21H,11,13H2,1H3,(H,25,28)(H,26,29)/t20-,21-/m0/s1. The minimum atomic E-state index is -0.0660. The van der Waals surface area contributed by atoms with Crippen molar-refractivity contribution in [2.75, 3.05) is 11.9 Å². The number of benzene rings is 1. The van der Waals surface area contributed by atoms with Crippen molar-refractivity contribution in [2.24, 2.45) is 0 Å². The first-order chi connectivity index (χ1) is 14.5. The highest BCUT2D eigenvalue weighted by Gasteiger charge is 2.40. The van der Waals surface area contributed by atoms with Crippen LogP contribution in [0.3, 0.4) is 0 Å². The van der Waals surface area contributed by atoms with Gasteiger partial charge in [0.1, 0.15) is 0 Å². The van der Waals surface area contributed by atoms with Gasteiger partial charge in [-0.2, -0.15) is 0 Å². The molecule has 0 aliphatic carbocycles. The Morgan fingerprint density at radius 3 is 2.73 bits per heavy atom. The summed E-state index contributed by atoms with van der Waals surface area (Å²) < 4.78 is 1.06. The Kier molecular flexibility index (Phi) is 6.46. The van der Waals surface area contributed by atoms with E-state index in [1.807, 2.05) is 55.5 Å². The molecular weight excluding hydrogens is 480 g/mol. The van der Waals surface area contributed by atoms with Gasteiger partial charge in [-0.3, -0.25) is 9.78 Å². The Labute approximate surface area is 193 Å². The number of thiocarbonyl (C=S) groups is 1. The van der Waals surface area contributed by atoms with E-state index in [-0.39, 0.29) is 18.0 Å². The minimum absolute atomic E-state index is 0.0186. The van der Waals surface area contributed by atoms with E-state index in [0.29, 0.717) is 18.1 Å². The van der Waals surface area contributed by atoms with Crippen LogP contribution in [0.5, 0.6) is 0 Å². The van der Waals surface area contributed by atoms with E-state index < -0.39 is 0 Å². The molecular formula is C22H21BrN4OS2. The van der Waals surface area contributed by atoms with Crippen LogP contribution in [0, 0.1) is 6.92 Å². The van der Waals surface area contributed by atoms with Gasteiger partial charge >= 0.3 is 0 Å². The number of aromatic nitrogens is 1. The first kappa shape index (κ1) is 21.0. The number of nitrogens with one attached hydrogen (secondary N) is 2. The van der Waals surface area contributed by atoms with Crippen molar-refractivity contribution in [1.82, 2.24) is 15.2 Å². The maximum Gasteiger partial charge on any atom is 0.226 e. The van der Waals surface area contributed by atoms with E-state index >= 15 is 0 Å². The number of carbonyl (C=O) groups excluding carboxylic acids is 1. The average molecular weight is 501 g/mol. The number of carbonyl (C=O) groups is 1. The highest BCUT2D eigenvalue weighted by Crippen LogP contribution is 2.42. The van der Waals surface area contributed by atoms with Crippen LogP contribution in [0.2, 0.25) is 0 Å². The average Bonchev–Trinajstić information content (AvgIpc) is 3.31. The first-order valence-electron chi connectivity index (χ1n) is 9.61. The molecule has 1 aliphatic rings. The summed E-state index contributed by atoms with van der Waals surface area (Å²) in [5, 5.41) is 7.06. The van der Waals surface area contributed by atoms with Gasteiger partial charge in [0.15, 0.2) is 5.11 Å². The lowest BCUT2D eigenvalue weighted by molar-refractivity contribution is -0.116. The van der Waals surface area contributed by atoms with E-state index in [9.17, 15) is 4.79 Å². The van der Waals surface area contributed by atoms with Crippen molar-refractivity contribution in [1.29, 1.82) is 0 Å². The predicted molar refractivity (Wildman–Crippen MR) is 129 cm³/mol. The molecule has 0 unspecified atom stereocenters. The third-order valence-electron chi connectivity index (χ3n) is 5.08. The lowest BCUT2D eigenvalue weighted by Gasteiger charge is -2.26. The SMILES string of the molecule is Cc1ccccc1NC(=O)CCN1C(=S)N[C@@H](c2ccccn2)[C@@H]1c1ccc(Br)s1. The molecule has 2 atom stereocenters. The summed E-state index contributed by atoms with van der Waals surface area (Å²) in [5.41, 5.74) is 2.82. The lowest BCUT2D eigenvalue weighted by atomic mass is 10.0. The van der Waals surface area contributed by atoms with E-state index in [4.69, 9.17) is 12.2 Å². The van der Waals surface area contributed by atoms with Crippen LogP contribution in [-0.2, 0) is 4.79 Å². The number of halogens is 1. The highest BCUT2D eigenvalue weighted by atomic mass is 79.9. The van der Waals surface area contributed by atoms with Crippen LogP contribution < -0.4 is 10.6 Å².